The first-order chi connectivity index (χ1) is 9.22. The average molecular weight is 311 g/mol. The molecule has 0 spiro atoms. The molecule has 0 amide bonds. The van der Waals surface area contributed by atoms with Crippen LogP contribution in [0.4, 0.5) is 5.13 Å². The third-order valence-corrected chi connectivity index (χ3v) is 5.26. The number of aromatic amines is 1. The van der Waals surface area contributed by atoms with Crippen molar-refractivity contribution in [2.24, 2.45) is 4.99 Å². The first-order valence-corrected chi connectivity index (χ1v) is 8.21. The highest BCUT2D eigenvalue weighted by molar-refractivity contribution is 7.73. The largest absolute Gasteiger partial charge is 0.494 e. The minimum atomic E-state index is 0.0804. The number of aromatic nitrogens is 2. The van der Waals surface area contributed by atoms with E-state index >= 15 is 0 Å². The molecule has 2 heterocycles. The van der Waals surface area contributed by atoms with Gasteiger partial charge in [0.1, 0.15) is 4.88 Å². The SMILES string of the molecule is Oc1[nH]c(=S)sc1/C=N/c1nc2c(s1)CCCCC2. The molecule has 0 saturated heterocycles. The van der Waals surface area contributed by atoms with E-state index in [4.69, 9.17) is 12.2 Å². The summed E-state index contributed by atoms with van der Waals surface area (Å²) in [5.41, 5.74) is 1.21. The third-order valence-electron chi connectivity index (χ3n) is 3.03. The van der Waals surface area contributed by atoms with E-state index in [0.717, 1.165) is 18.0 Å². The van der Waals surface area contributed by atoms with Crippen LogP contribution in [-0.2, 0) is 12.8 Å². The van der Waals surface area contributed by atoms with Crippen LogP contribution in [0, 0.1) is 3.95 Å². The Labute approximate surface area is 123 Å². The third kappa shape index (κ3) is 2.93. The predicted octanol–water partition coefficient (Wildman–Crippen LogP) is 3.99. The number of aryl methyl sites for hydroxylation is 2. The van der Waals surface area contributed by atoms with Crippen molar-refractivity contribution in [1.29, 1.82) is 0 Å². The summed E-state index contributed by atoms with van der Waals surface area (Å²) in [6.45, 7) is 0. The van der Waals surface area contributed by atoms with Crippen molar-refractivity contribution in [3.05, 3.63) is 19.4 Å². The van der Waals surface area contributed by atoms with Crippen molar-refractivity contribution in [3.8, 4) is 5.88 Å². The van der Waals surface area contributed by atoms with Gasteiger partial charge in [-0.25, -0.2) is 9.98 Å². The number of fused-ring (bicyclic) bond motifs is 1. The molecule has 0 saturated carbocycles. The average Bonchev–Trinajstić information content (AvgIpc) is 2.83. The van der Waals surface area contributed by atoms with Crippen LogP contribution in [-0.4, -0.2) is 21.3 Å². The van der Waals surface area contributed by atoms with E-state index in [1.807, 2.05) is 0 Å². The predicted molar refractivity (Wildman–Crippen MR) is 81.8 cm³/mol. The van der Waals surface area contributed by atoms with Crippen LogP contribution in [0.3, 0.4) is 0 Å². The summed E-state index contributed by atoms with van der Waals surface area (Å²) in [5.74, 6) is 0.0804. The topological polar surface area (TPSA) is 61.3 Å². The molecule has 0 unspecified atom stereocenters. The number of nitrogens with zero attached hydrogens (tertiary/aromatic N) is 2. The molecule has 0 aromatic carbocycles. The minimum Gasteiger partial charge on any atom is -0.494 e. The van der Waals surface area contributed by atoms with Gasteiger partial charge in [-0.3, -0.25) is 0 Å². The number of aromatic hydroxyl groups is 1. The Morgan fingerprint density at radius 3 is 2.89 bits per heavy atom. The number of nitrogens with one attached hydrogen (secondary N) is 1. The van der Waals surface area contributed by atoms with E-state index in [0.29, 0.717) is 8.83 Å². The van der Waals surface area contributed by atoms with Gasteiger partial charge in [0, 0.05) is 4.88 Å². The molecular weight excluding hydrogens is 298 g/mol. The second-order valence-corrected chi connectivity index (χ2v) is 7.19. The summed E-state index contributed by atoms with van der Waals surface area (Å²) in [6.07, 6.45) is 7.58. The van der Waals surface area contributed by atoms with Gasteiger partial charge in [-0.15, -0.1) is 0 Å². The Balaban J connectivity index is 1.84. The Morgan fingerprint density at radius 1 is 1.26 bits per heavy atom. The molecule has 2 aromatic rings. The molecule has 4 nitrogen and oxygen atoms in total. The van der Waals surface area contributed by atoms with Crippen molar-refractivity contribution in [3.63, 3.8) is 0 Å². The Hall–Kier alpha value is -1.05. The molecule has 1 aliphatic carbocycles. The fraction of sp³-hybridized carbons (Fsp3) is 0.417. The number of thiazole rings is 2. The lowest BCUT2D eigenvalue weighted by molar-refractivity contribution is 0.456. The normalized spacial score (nSPS) is 15.6. The molecule has 0 atom stereocenters. The van der Waals surface area contributed by atoms with Crippen LogP contribution >= 0.6 is 34.9 Å². The van der Waals surface area contributed by atoms with Gasteiger partial charge < -0.3 is 10.1 Å². The maximum atomic E-state index is 9.59. The zero-order valence-electron chi connectivity index (χ0n) is 10.2. The second-order valence-electron chi connectivity index (χ2n) is 4.41. The van der Waals surface area contributed by atoms with Gasteiger partial charge in [-0.05, 0) is 37.9 Å². The van der Waals surface area contributed by atoms with Gasteiger partial charge in [0.15, 0.2) is 3.95 Å². The van der Waals surface area contributed by atoms with Crippen molar-refractivity contribution in [2.75, 3.05) is 0 Å². The van der Waals surface area contributed by atoms with E-state index in [-0.39, 0.29) is 5.88 Å². The van der Waals surface area contributed by atoms with E-state index in [1.54, 1.807) is 17.6 Å². The van der Waals surface area contributed by atoms with Crippen molar-refractivity contribution >= 4 is 46.2 Å². The van der Waals surface area contributed by atoms with Crippen LogP contribution in [0.1, 0.15) is 34.7 Å². The highest BCUT2D eigenvalue weighted by Gasteiger charge is 2.13. The Bertz CT molecular complexity index is 645. The van der Waals surface area contributed by atoms with E-state index in [2.05, 4.69) is 15.0 Å². The fourth-order valence-corrected chi connectivity index (χ4v) is 4.06. The molecule has 7 heteroatoms. The molecule has 0 radical (unpaired) electrons. The van der Waals surface area contributed by atoms with Crippen LogP contribution in [0.25, 0.3) is 0 Å². The summed E-state index contributed by atoms with van der Waals surface area (Å²) in [7, 11) is 0. The summed E-state index contributed by atoms with van der Waals surface area (Å²) < 4.78 is 0.550. The molecule has 100 valence electrons. The molecule has 0 fully saturated rings. The summed E-state index contributed by atoms with van der Waals surface area (Å²) in [4.78, 5) is 13.6. The summed E-state index contributed by atoms with van der Waals surface area (Å²) >= 11 is 7.93. The molecule has 0 bridgehead atoms. The van der Waals surface area contributed by atoms with Gasteiger partial charge in [0.05, 0.1) is 11.9 Å². The van der Waals surface area contributed by atoms with Crippen LogP contribution < -0.4 is 0 Å². The van der Waals surface area contributed by atoms with E-state index in [9.17, 15) is 5.11 Å². The molecule has 2 aromatic heterocycles. The van der Waals surface area contributed by atoms with Gasteiger partial charge in [-0.1, -0.05) is 29.1 Å². The Kier molecular flexibility index (Phi) is 3.76. The molecule has 19 heavy (non-hydrogen) atoms. The number of H-pyrrole nitrogens is 1. The van der Waals surface area contributed by atoms with Gasteiger partial charge in [0.25, 0.3) is 0 Å². The zero-order valence-corrected chi connectivity index (χ0v) is 12.6. The van der Waals surface area contributed by atoms with Gasteiger partial charge in [0.2, 0.25) is 11.0 Å². The number of hydrogen-bond acceptors (Lipinski definition) is 6. The first kappa shape index (κ1) is 13.0. The summed E-state index contributed by atoms with van der Waals surface area (Å²) in [5, 5.41) is 10.4. The van der Waals surface area contributed by atoms with Crippen molar-refractivity contribution in [2.45, 2.75) is 32.1 Å². The second kappa shape index (κ2) is 5.52. The highest BCUT2D eigenvalue weighted by atomic mass is 32.1. The van der Waals surface area contributed by atoms with Crippen LogP contribution in [0.5, 0.6) is 5.88 Å². The maximum Gasteiger partial charge on any atom is 0.209 e. The zero-order chi connectivity index (χ0) is 13.2. The lowest BCUT2D eigenvalue weighted by Gasteiger charge is -1.90. The quantitative estimate of drug-likeness (QED) is 0.501. The fourth-order valence-electron chi connectivity index (χ4n) is 2.10. The lowest BCUT2D eigenvalue weighted by Crippen LogP contribution is -1.85. The van der Waals surface area contributed by atoms with Gasteiger partial charge >= 0.3 is 0 Å². The monoisotopic (exact) mass is 311 g/mol. The smallest absolute Gasteiger partial charge is 0.209 e. The molecule has 0 aliphatic heterocycles. The van der Waals surface area contributed by atoms with Crippen LogP contribution in [0.15, 0.2) is 4.99 Å². The van der Waals surface area contributed by atoms with E-state index in [1.165, 1.54) is 41.2 Å². The first-order valence-electron chi connectivity index (χ1n) is 6.17. The standard InChI is InChI=1S/C12H13N3OS3/c16-10-9(19-12(17)15-10)6-13-11-14-7-4-2-1-3-5-8(7)18-11/h6,16H,1-5H2,(H,15,17)/b13-6+. The number of hydrogen-bond donors (Lipinski definition) is 2. The van der Waals surface area contributed by atoms with Crippen LogP contribution in [0.2, 0.25) is 0 Å². The minimum absolute atomic E-state index is 0.0804. The Morgan fingerprint density at radius 2 is 2.11 bits per heavy atom. The number of rotatable bonds is 2. The van der Waals surface area contributed by atoms with Gasteiger partial charge in [-0.2, -0.15) is 0 Å². The van der Waals surface area contributed by atoms with Crippen molar-refractivity contribution in [1.82, 2.24) is 9.97 Å². The molecular formula is C12H13N3OS3. The molecule has 1 aliphatic rings. The van der Waals surface area contributed by atoms with E-state index < -0.39 is 0 Å². The molecule has 3 rings (SSSR count). The summed E-state index contributed by atoms with van der Waals surface area (Å²) in [6, 6.07) is 0. The van der Waals surface area contributed by atoms with Crippen molar-refractivity contribution < 1.29 is 5.11 Å². The highest BCUT2D eigenvalue weighted by Crippen LogP contribution is 2.31. The lowest BCUT2D eigenvalue weighted by atomic mass is 10.2. The number of aliphatic imine (C=N–C) groups is 1. The molecule has 2 N–H and O–H groups in total. The maximum absolute atomic E-state index is 9.59.